The summed E-state index contributed by atoms with van der Waals surface area (Å²) in [4.78, 5) is 12.1. The van der Waals surface area contributed by atoms with E-state index in [-0.39, 0.29) is 12.4 Å². The Hall–Kier alpha value is -1.81. The minimum atomic E-state index is -0.784. The van der Waals surface area contributed by atoms with Gasteiger partial charge in [-0.15, -0.1) is 0 Å². The third kappa shape index (κ3) is 3.81. The van der Waals surface area contributed by atoms with Crippen molar-refractivity contribution in [2.45, 2.75) is 6.10 Å². The average Bonchev–Trinajstić information content (AvgIpc) is 2.58. The molecule has 1 heterocycles. The normalized spacial score (nSPS) is 16.2. The van der Waals surface area contributed by atoms with Gasteiger partial charge in [0.2, 0.25) is 6.10 Å². The Labute approximate surface area is 160 Å². The van der Waals surface area contributed by atoms with E-state index in [4.69, 9.17) is 9.47 Å². The van der Waals surface area contributed by atoms with Gasteiger partial charge in [-0.3, -0.25) is 4.79 Å². The van der Waals surface area contributed by atoms with E-state index in [2.05, 4.69) is 26.5 Å². The lowest BCUT2D eigenvalue weighted by atomic mass is 10.2. The van der Waals surface area contributed by atoms with Crippen LogP contribution in [0.15, 0.2) is 46.0 Å². The molecule has 0 aliphatic carbocycles. The summed E-state index contributed by atoms with van der Waals surface area (Å²) in [5.41, 5.74) is 2.88. The first-order chi connectivity index (χ1) is 11.5. The zero-order chi connectivity index (χ0) is 17.1. The van der Waals surface area contributed by atoms with Crippen molar-refractivity contribution in [1.82, 2.24) is 5.43 Å². The summed E-state index contributed by atoms with van der Waals surface area (Å²) < 4.78 is 12.6. The number of hydrazone groups is 1. The van der Waals surface area contributed by atoms with E-state index < -0.39 is 12.0 Å². The van der Waals surface area contributed by atoms with Crippen LogP contribution in [0.2, 0.25) is 0 Å². The predicted octanol–water partition coefficient (Wildman–Crippen LogP) is 3.05. The van der Waals surface area contributed by atoms with Gasteiger partial charge in [0.1, 0.15) is 12.4 Å². The molecule has 0 spiro atoms. The van der Waals surface area contributed by atoms with E-state index in [1.165, 1.54) is 6.21 Å². The van der Waals surface area contributed by atoms with Crippen LogP contribution in [-0.4, -0.2) is 29.9 Å². The predicted molar refractivity (Wildman–Crippen MR) is 101 cm³/mol. The van der Waals surface area contributed by atoms with E-state index in [1.807, 2.05) is 28.7 Å². The SMILES string of the molecule is O=C(N/N=C\c1cc(Br)cc(I)c1O)[C@H]1COc2ccccc2O1. The first-order valence-electron chi connectivity index (χ1n) is 6.94. The monoisotopic (exact) mass is 502 g/mol. The van der Waals surface area contributed by atoms with Crippen LogP contribution >= 0.6 is 38.5 Å². The van der Waals surface area contributed by atoms with Crippen molar-refractivity contribution >= 4 is 50.6 Å². The zero-order valence-electron chi connectivity index (χ0n) is 12.2. The summed E-state index contributed by atoms with van der Waals surface area (Å²) in [6, 6.07) is 10.6. The Morgan fingerprint density at radius 2 is 2.12 bits per heavy atom. The van der Waals surface area contributed by atoms with Gasteiger partial charge in [0, 0.05) is 10.0 Å². The van der Waals surface area contributed by atoms with Gasteiger partial charge in [-0.25, -0.2) is 5.43 Å². The number of aromatic hydroxyl groups is 1. The number of hydrogen-bond acceptors (Lipinski definition) is 5. The highest BCUT2D eigenvalue weighted by Crippen LogP contribution is 2.31. The highest BCUT2D eigenvalue weighted by atomic mass is 127. The molecule has 0 saturated heterocycles. The Balaban J connectivity index is 1.64. The number of amides is 1. The molecule has 1 aliphatic rings. The van der Waals surface area contributed by atoms with Crippen LogP contribution in [0.1, 0.15) is 5.56 Å². The smallest absolute Gasteiger partial charge is 0.284 e. The highest BCUT2D eigenvalue weighted by Gasteiger charge is 2.27. The Morgan fingerprint density at radius 3 is 2.92 bits per heavy atom. The Bertz CT molecular complexity index is 813. The van der Waals surface area contributed by atoms with E-state index in [9.17, 15) is 9.90 Å². The summed E-state index contributed by atoms with van der Waals surface area (Å²) in [6.45, 7) is 0.110. The molecule has 0 fully saturated rings. The first kappa shape index (κ1) is 17.0. The number of rotatable bonds is 3. The average molecular weight is 503 g/mol. The van der Waals surface area contributed by atoms with Gasteiger partial charge >= 0.3 is 0 Å². The molecule has 8 heteroatoms. The van der Waals surface area contributed by atoms with Gasteiger partial charge in [-0.2, -0.15) is 5.10 Å². The van der Waals surface area contributed by atoms with Crippen LogP contribution in [0, 0.1) is 3.57 Å². The van der Waals surface area contributed by atoms with Crippen molar-refractivity contribution in [3.63, 3.8) is 0 Å². The van der Waals surface area contributed by atoms with Gasteiger partial charge in [0.15, 0.2) is 11.5 Å². The molecule has 0 unspecified atom stereocenters. The van der Waals surface area contributed by atoms with Crippen LogP contribution in [0.3, 0.4) is 0 Å². The summed E-state index contributed by atoms with van der Waals surface area (Å²) in [5, 5.41) is 13.8. The number of phenols is 1. The van der Waals surface area contributed by atoms with E-state index in [0.717, 1.165) is 4.47 Å². The molecule has 2 aromatic rings. The van der Waals surface area contributed by atoms with E-state index in [0.29, 0.717) is 20.6 Å². The van der Waals surface area contributed by atoms with Crippen molar-refractivity contribution < 1.29 is 19.4 Å². The van der Waals surface area contributed by atoms with Crippen LogP contribution in [0.5, 0.6) is 17.2 Å². The van der Waals surface area contributed by atoms with Gasteiger partial charge < -0.3 is 14.6 Å². The maximum Gasteiger partial charge on any atom is 0.284 e. The topological polar surface area (TPSA) is 80.2 Å². The molecular formula is C16H12BrIN2O4. The molecule has 2 N–H and O–H groups in total. The number of ether oxygens (including phenoxy) is 2. The lowest BCUT2D eigenvalue weighted by Gasteiger charge is -2.24. The maximum absolute atomic E-state index is 12.1. The standard InChI is InChI=1S/C16H12BrIN2O4/c17-10-5-9(15(21)11(18)6-10)7-19-20-16(22)14-8-23-12-3-1-2-4-13(12)24-14/h1-7,14,21H,8H2,(H,20,22)/b19-7-/t14-/m1/s1. The maximum atomic E-state index is 12.1. The second kappa shape index (κ2) is 7.39. The Kier molecular flexibility index (Phi) is 5.24. The largest absolute Gasteiger partial charge is 0.506 e. The van der Waals surface area contributed by atoms with E-state index in [1.54, 1.807) is 30.3 Å². The minimum absolute atomic E-state index is 0.1000. The molecule has 1 atom stereocenters. The van der Waals surface area contributed by atoms with Crippen LogP contribution in [0.4, 0.5) is 0 Å². The van der Waals surface area contributed by atoms with E-state index >= 15 is 0 Å². The molecule has 1 aliphatic heterocycles. The minimum Gasteiger partial charge on any atom is -0.506 e. The molecule has 3 rings (SSSR count). The van der Waals surface area contributed by atoms with Crippen LogP contribution in [0.25, 0.3) is 0 Å². The molecule has 1 amide bonds. The zero-order valence-corrected chi connectivity index (χ0v) is 15.9. The first-order valence-corrected chi connectivity index (χ1v) is 8.81. The van der Waals surface area contributed by atoms with Gasteiger partial charge in [0.05, 0.1) is 9.78 Å². The summed E-state index contributed by atoms with van der Waals surface area (Å²) >= 11 is 5.36. The second-order valence-electron chi connectivity index (χ2n) is 4.92. The number of para-hydroxylation sites is 2. The molecule has 6 nitrogen and oxygen atoms in total. The quantitative estimate of drug-likeness (QED) is 0.384. The third-order valence-electron chi connectivity index (χ3n) is 3.24. The summed E-state index contributed by atoms with van der Waals surface area (Å²) in [6.07, 6.45) is 0.589. The molecule has 0 radical (unpaired) electrons. The molecule has 0 bridgehead atoms. The number of halogens is 2. The van der Waals surface area contributed by atoms with Crippen molar-refractivity contribution in [2.75, 3.05) is 6.61 Å². The van der Waals surface area contributed by atoms with Crippen LogP contribution in [-0.2, 0) is 4.79 Å². The number of carbonyl (C=O) groups excluding carboxylic acids is 1. The number of nitrogens with zero attached hydrogens (tertiary/aromatic N) is 1. The van der Waals surface area contributed by atoms with Gasteiger partial charge in [-0.1, -0.05) is 28.1 Å². The third-order valence-corrected chi connectivity index (χ3v) is 4.52. The van der Waals surface area contributed by atoms with Gasteiger partial charge in [-0.05, 0) is 46.9 Å². The fraction of sp³-hybridized carbons (Fsp3) is 0.125. The van der Waals surface area contributed by atoms with Crippen molar-refractivity contribution in [1.29, 1.82) is 0 Å². The number of benzene rings is 2. The highest BCUT2D eigenvalue weighted by molar-refractivity contribution is 14.1. The second-order valence-corrected chi connectivity index (χ2v) is 7.00. The lowest BCUT2D eigenvalue weighted by molar-refractivity contribution is -0.130. The van der Waals surface area contributed by atoms with Gasteiger partial charge in [0.25, 0.3) is 5.91 Å². The molecule has 0 aromatic heterocycles. The summed E-state index contributed by atoms with van der Waals surface area (Å²) in [7, 11) is 0. The molecule has 124 valence electrons. The summed E-state index contributed by atoms with van der Waals surface area (Å²) in [5.74, 6) is 0.804. The number of hydrogen-bond donors (Lipinski definition) is 2. The number of fused-ring (bicyclic) bond motifs is 1. The molecule has 2 aromatic carbocycles. The van der Waals surface area contributed by atoms with Crippen molar-refractivity contribution in [2.24, 2.45) is 5.10 Å². The van der Waals surface area contributed by atoms with Crippen molar-refractivity contribution in [3.8, 4) is 17.2 Å². The lowest BCUT2D eigenvalue weighted by Crippen LogP contribution is -2.42. The molecule has 24 heavy (non-hydrogen) atoms. The number of nitrogens with one attached hydrogen (secondary N) is 1. The fourth-order valence-electron chi connectivity index (χ4n) is 2.07. The van der Waals surface area contributed by atoms with Crippen molar-refractivity contribution in [3.05, 3.63) is 50.0 Å². The number of phenolic OH excluding ortho intramolecular Hbond substituents is 1. The Morgan fingerprint density at radius 1 is 1.38 bits per heavy atom. The fourth-order valence-corrected chi connectivity index (χ4v) is 3.62. The van der Waals surface area contributed by atoms with Crippen LogP contribution < -0.4 is 14.9 Å². The molecular weight excluding hydrogens is 491 g/mol. The number of carbonyl (C=O) groups is 1. The molecule has 0 saturated carbocycles.